The second-order valence-corrected chi connectivity index (χ2v) is 32.6. The van der Waals surface area contributed by atoms with Crippen molar-refractivity contribution in [3.63, 3.8) is 0 Å². The minimum atomic E-state index is -1.62. The molecule has 2 atom stereocenters. The number of quaternary nitrogens is 1. The zero-order valence-corrected chi connectivity index (χ0v) is 70.6. The van der Waals surface area contributed by atoms with Gasteiger partial charge in [0.15, 0.2) is 12.4 Å². The van der Waals surface area contributed by atoms with Gasteiger partial charge in [0.25, 0.3) is 0 Å². The molecule has 0 amide bonds. The van der Waals surface area contributed by atoms with Crippen LogP contribution in [0.3, 0.4) is 0 Å². The smallest absolute Gasteiger partial charge is 0.306 e. The van der Waals surface area contributed by atoms with Crippen molar-refractivity contribution in [2.75, 3.05) is 47.5 Å². The van der Waals surface area contributed by atoms with Crippen molar-refractivity contribution in [2.45, 2.75) is 476 Å². The van der Waals surface area contributed by atoms with E-state index in [4.69, 9.17) is 18.9 Å². The van der Waals surface area contributed by atoms with E-state index < -0.39 is 24.3 Å². The molecule has 0 heterocycles. The first-order valence-corrected chi connectivity index (χ1v) is 46.1. The normalized spacial score (nSPS) is 12.9. The lowest BCUT2D eigenvalue weighted by atomic mass is 10.0. The third-order valence-corrected chi connectivity index (χ3v) is 20.9. The quantitative estimate of drug-likeness (QED) is 0.0195. The van der Waals surface area contributed by atoms with Crippen LogP contribution in [0.2, 0.25) is 0 Å². The van der Waals surface area contributed by atoms with Crippen molar-refractivity contribution in [3.05, 3.63) is 72.9 Å². The number of likely N-dealkylation sites (N-methyl/N-ethyl adjacent to an activating group) is 1. The summed E-state index contributed by atoms with van der Waals surface area (Å²) in [6, 6.07) is 0. The Balaban J connectivity index is 3.89. The molecule has 9 nitrogen and oxygen atoms in total. The zero-order valence-electron chi connectivity index (χ0n) is 70.6. The van der Waals surface area contributed by atoms with Crippen LogP contribution in [0.5, 0.6) is 0 Å². The number of carboxylic acid groups (broad SMARTS) is 1. The fourth-order valence-corrected chi connectivity index (χ4v) is 13.9. The van der Waals surface area contributed by atoms with E-state index in [1.807, 2.05) is 21.1 Å². The molecule has 0 bridgehead atoms. The SMILES string of the molecule is CCCCCCC/C=C\C/C=C\C/C=C\CCCCCCCCCCCCCCCCCCCCCCCCCCCCC(=O)OC(COC(=O)CCCCCCCCCCCCCCCCCCCCCCCCCC/C=C\C/C=C\C/C=C\CCCCCCC)COC(OCC[N+](C)(C)C)C(=O)[O-]. The molecule has 2 unspecified atom stereocenters. The first kappa shape index (κ1) is 102. The number of hydrogen-bond acceptors (Lipinski definition) is 8. The monoisotopic (exact) mass is 1470 g/mol. The number of carbonyl (C=O) groups excluding carboxylic acids is 3. The molecule has 0 aliphatic rings. The third-order valence-electron chi connectivity index (χ3n) is 20.9. The molecule has 9 heteroatoms. The molecular weight excluding hydrogens is 1300 g/mol. The molecule has 0 aromatic rings. The molecule has 0 rings (SSSR count). The molecule has 0 spiro atoms. The number of nitrogens with zero attached hydrogens (tertiary/aromatic N) is 1. The molecule has 614 valence electrons. The van der Waals surface area contributed by atoms with Gasteiger partial charge in [-0.1, -0.05) is 433 Å². The van der Waals surface area contributed by atoms with Gasteiger partial charge in [0.1, 0.15) is 13.2 Å². The summed E-state index contributed by atoms with van der Waals surface area (Å²) in [7, 11) is 5.96. The maximum Gasteiger partial charge on any atom is 0.306 e. The van der Waals surface area contributed by atoms with Gasteiger partial charge >= 0.3 is 11.9 Å². The van der Waals surface area contributed by atoms with E-state index in [2.05, 4.69) is 86.8 Å². The lowest BCUT2D eigenvalue weighted by Crippen LogP contribution is -2.44. The standard InChI is InChI=1S/C96H177NO8/c1-6-8-10-12-14-16-18-20-22-24-26-28-30-32-34-36-38-40-42-44-46-47-49-51-53-55-57-59-61-63-65-67-69-71-73-75-77-79-81-83-85-87-94(99)105-92(91-104-96(95(100)101)102-89-88-97(3,4)5)90-103-93(98)86-84-82-80-78-76-74-72-70-68-66-64-62-60-58-56-54-52-50-48-45-43-41-39-37-35-33-31-29-27-25-23-21-19-17-15-13-11-9-7-2/h18-21,24-27,30-33,92,96H,6-17,22-23,28-29,34-91H2,1-5H3/b20-18-,21-19-,26-24-,27-25-,32-30-,33-31-. The Morgan fingerprint density at radius 2 is 0.514 bits per heavy atom. The van der Waals surface area contributed by atoms with Gasteiger partial charge in [0.05, 0.1) is 40.3 Å². The van der Waals surface area contributed by atoms with Crippen LogP contribution in [-0.4, -0.2) is 82.3 Å². The first-order chi connectivity index (χ1) is 51.6. The number of aliphatic carboxylic acids is 1. The summed E-state index contributed by atoms with van der Waals surface area (Å²) in [5.74, 6) is -2.25. The molecule has 105 heavy (non-hydrogen) atoms. The summed E-state index contributed by atoms with van der Waals surface area (Å²) in [5, 5.41) is 11.9. The van der Waals surface area contributed by atoms with Gasteiger partial charge in [-0.05, 0) is 89.9 Å². The Morgan fingerprint density at radius 1 is 0.286 bits per heavy atom. The van der Waals surface area contributed by atoms with Gasteiger partial charge in [-0.2, -0.15) is 0 Å². The lowest BCUT2D eigenvalue weighted by molar-refractivity contribution is -0.870. The molecule has 0 N–H and O–H groups in total. The van der Waals surface area contributed by atoms with E-state index in [0.29, 0.717) is 17.4 Å². The molecule has 0 aromatic carbocycles. The largest absolute Gasteiger partial charge is 0.545 e. The van der Waals surface area contributed by atoms with Crippen molar-refractivity contribution in [1.82, 2.24) is 0 Å². The summed E-state index contributed by atoms with van der Waals surface area (Å²) in [6.45, 7) is 4.80. The van der Waals surface area contributed by atoms with Crippen LogP contribution in [-0.2, 0) is 33.3 Å². The van der Waals surface area contributed by atoms with Gasteiger partial charge in [-0.15, -0.1) is 0 Å². The summed E-state index contributed by atoms with van der Waals surface area (Å²) in [4.78, 5) is 37.7. The highest BCUT2D eigenvalue weighted by Crippen LogP contribution is 2.21. The lowest BCUT2D eigenvalue weighted by Gasteiger charge is -2.26. The van der Waals surface area contributed by atoms with Gasteiger partial charge < -0.3 is 33.3 Å². The van der Waals surface area contributed by atoms with Gasteiger partial charge in [0, 0.05) is 12.8 Å². The predicted molar refractivity (Wildman–Crippen MR) is 454 cm³/mol. The van der Waals surface area contributed by atoms with E-state index in [0.717, 1.165) is 64.2 Å². The van der Waals surface area contributed by atoms with Crippen molar-refractivity contribution in [3.8, 4) is 0 Å². The average Bonchev–Trinajstić information content (AvgIpc) is 1.18. The van der Waals surface area contributed by atoms with Gasteiger partial charge in [-0.3, -0.25) is 9.59 Å². The Morgan fingerprint density at radius 3 is 0.762 bits per heavy atom. The van der Waals surface area contributed by atoms with E-state index in [-0.39, 0.29) is 32.2 Å². The van der Waals surface area contributed by atoms with E-state index in [9.17, 15) is 19.5 Å². The highest BCUT2D eigenvalue weighted by Gasteiger charge is 2.22. The summed E-state index contributed by atoms with van der Waals surface area (Å²) >= 11 is 0. The average molecular weight is 1470 g/mol. The molecule has 0 saturated carbocycles. The summed E-state index contributed by atoms with van der Waals surface area (Å²) in [5.41, 5.74) is 0. The second-order valence-electron chi connectivity index (χ2n) is 32.6. The highest BCUT2D eigenvalue weighted by atomic mass is 16.7. The molecular formula is C96H177NO8. The summed E-state index contributed by atoms with van der Waals surface area (Å²) in [6.07, 6.45) is 115. The number of rotatable bonds is 87. The Labute approximate surface area is 653 Å². The number of ether oxygens (including phenoxy) is 4. The molecule has 0 aliphatic carbocycles. The third kappa shape index (κ3) is 87.8. The zero-order chi connectivity index (χ0) is 76.0. The Kier molecular flexibility index (Phi) is 83.6. The number of allylic oxidation sites excluding steroid dienone is 12. The van der Waals surface area contributed by atoms with Crippen molar-refractivity contribution >= 4 is 17.9 Å². The van der Waals surface area contributed by atoms with Crippen LogP contribution < -0.4 is 5.11 Å². The number of carboxylic acids is 1. The maximum atomic E-state index is 13.0. The van der Waals surface area contributed by atoms with E-state index in [1.165, 1.54) is 372 Å². The van der Waals surface area contributed by atoms with Gasteiger partial charge in [-0.25, -0.2) is 0 Å². The number of hydrogen-bond donors (Lipinski definition) is 0. The first-order valence-electron chi connectivity index (χ1n) is 46.1. The van der Waals surface area contributed by atoms with Crippen molar-refractivity contribution in [1.29, 1.82) is 0 Å². The Bertz CT molecular complexity index is 1970. The summed E-state index contributed by atoms with van der Waals surface area (Å²) < 4.78 is 22.9. The fourth-order valence-electron chi connectivity index (χ4n) is 13.9. The van der Waals surface area contributed by atoms with Crippen molar-refractivity contribution in [2.24, 2.45) is 0 Å². The second kappa shape index (κ2) is 86.3. The minimum absolute atomic E-state index is 0.150. The van der Waals surface area contributed by atoms with Crippen LogP contribution in [0, 0.1) is 0 Å². The van der Waals surface area contributed by atoms with Crippen LogP contribution in [0.1, 0.15) is 463 Å². The van der Waals surface area contributed by atoms with Crippen LogP contribution >= 0.6 is 0 Å². The highest BCUT2D eigenvalue weighted by molar-refractivity contribution is 5.70. The molecule has 0 aromatic heterocycles. The van der Waals surface area contributed by atoms with Crippen molar-refractivity contribution < 1.29 is 42.9 Å². The number of esters is 2. The molecule has 0 saturated heterocycles. The minimum Gasteiger partial charge on any atom is -0.545 e. The van der Waals surface area contributed by atoms with Crippen LogP contribution in [0.25, 0.3) is 0 Å². The number of carbonyl (C=O) groups is 3. The molecule has 0 fully saturated rings. The van der Waals surface area contributed by atoms with Gasteiger partial charge in [0.2, 0.25) is 0 Å². The van der Waals surface area contributed by atoms with E-state index >= 15 is 0 Å². The molecule has 0 radical (unpaired) electrons. The maximum absolute atomic E-state index is 13.0. The van der Waals surface area contributed by atoms with Crippen LogP contribution in [0.4, 0.5) is 0 Å². The van der Waals surface area contributed by atoms with Crippen LogP contribution in [0.15, 0.2) is 72.9 Å². The van der Waals surface area contributed by atoms with E-state index in [1.54, 1.807) is 0 Å². The predicted octanol–water partition coefficient (Wildman–Crippen LogP) is 28.9. The molecule has 0 aliphatic heterocycles. The fraction of sp³-hybridized carbons (Fsp3) is 0.844. The Hall–Kier alpha value is -3.27. The number of unbranched alkanes of at least 4 members (excludes halogenated alkanes) is 60. The topological polar surface area (TPSA) is 111 Å².